The lowest BCUT2D eigenvalue weighted by Gasteiger charge is -2.29. The van der Waals surface area contributed by atoms with E-state index in [4.69, 9.17) is 4.99 Å². The molecule has 3 nitrogen and oxygen atoms in total. The highest BCUT2D eigenvalue weighted by Crippen LogP contribution is 2.32. The van der Waals surface area contributed by atoms with Crippen LogP contribution >= 0.6 is 0 Å². The van der Waals surface area contributed by atoms with Gasteiger partial charge < -0.3 is 4.90 Å². The lowest BCUT2D eigenvalue weighted by molar-refractivity contribution is 0.733. The Morgan fingerprint density at radius 2 is 1.77 bits per heavy atom. The predicted molar refractivity (Wildman–Crippen MR) is 90.2 cm³/mol. The van der Waals surface area contributed by atoms with E-state index in [9.17, 15) is 0 Å². The van der Waals surface area contributed by atoms with Crippen LogP contribution in [0.15, 0.2) is 83.7 Å². The molecule has 0 fully saturated rings. The van der Waals surface area contributed by atoms with Crippen LogP contribution in [0.25, 0.3) is 0 Å². The standard InChI is InChI=1S/C19H17N3/c1-14-7-8-17-18(13-14)22(16-9-11-20-12-10-16)19(21-17)15-5-3-2-4-6-15/h2-13,17-18H,1H3. The second-order valence-corrected chi connectivity index (χ2v) is 5.65. The van der Waals surface area contributed by atoms with Crippen molar-refractivity contribution < 1.29 is 0 Å². The number of rotatable bonds is 2. The fraction of sp³-hybridized carbons (Fsp3) is 0.158. The van der Waals surface area contributed by atoms with E-state index in [-0.39, 0.29) is 12.1 Å². The van der Waals surface area contributed by atoms with Gasteiger partial charge in [0.25, 0.3) is 0 Å². The van der Waals surface area contributed by atoms with E-state index in [2.05, 4.69) is 59.3 Å². The number of aliphatic imine (C=N–C) groups is 1. The van der Waals surface area contributed by atoms with E-state index in [1.165, 1.54) is 5.57 Å². The van der Waals surface area contributed by atoms with E-state index >= 15 is 0 Å². The van der Waals surface area contributed by atoms with E-state index in [0.29, 0.717) is 0 Å². The van der Waals surface area contributed by atoms with Gasteiger partial charge in [0.15, 0.2) is 0 Å². The van der Waals surface area contributed by atoms with Crippen molar-refractivity contribution in [3.63, 3.8) is 0 Å². The van der Waals surface area contributed by atoms with Gasteiger partial charge in [0.05, 0.1) is 12.1 Å². The molecule has 2 unspecified atom stereocenters. The maximum absolute atomic E-state index is 4.96. The normalized spacial score (nSPS) is 23.0. The number of amidine groups is 1. The Hall–Kier alpha value is -2.68. The summed E-state index contributed by atoms with van der Waals surface area (Å²) in [6, 6.07) is 14.9. The number of nitrogens with zero attached hydrogens (tertiary/aromatic N) is 3. The molecule has 1 aliphatic carbocycles. The van der Waals surface area contributed by atoms with Crippen molar-refractivity contribution in [2.75, 3.05) is 4.90 Å². The molecule has 2 atom stereocenters. The molecule has 1 aliphatic heterocycles. The van der Waals surface area contributed by atoms with E-state index in [1.54, 1.807) is 0 Å². The minimum Gasteiger partial charge on any atom is -0.317 e. The first-order valence-corrected chi connectivity index (χ1v) is 7.52. The molecule has 0 N–H and O–H groups in total. The number of hydrogen-bond acceptors (Lipinski definition) is 3. The minimum absolute atomic E-state index is 0.173. The minimum atomic E-state index is 0.173. The zero-order valence-electron chi connectivity index (χ0n) is 12.4. The summed E-state index contributed by atoms with van der Waals surface area (Å²) in [5.74, 6) is 1.03. The van der Waals surface area contributed by atoms with E-state index < -0.39 is 0 Å². The van der Waals surface area contributed by atoms with Crippen LogP contribution in [0.3, 0.4) is 0 Å². The van der Waals surface area contributed by atoms with Gasteiger partial charge in [0.2, 0.25) is 0 Å². The summed E-state index contributed by atoms with van der Waals surface area (Å²) in [6.45, 7) is 2.14. The fourth-order valence-electron chi connectivity index (χ4n) is 3.08. The Kier molecular flexibility index (Phi) is 3.11. The molecular formula is C19H17N3. The van der Waals surface area contributed by atoms with Crippen molar-refractivity contribution in [3.8, 4) is 0 Å². The molecule has 0 amide bonds. The van der Waals surface area contributed by atoms with E-state index in [0.717, 1.165) is 17.1 Å². The predicted octanol–water partition coefficient (Wildman–Crippen LogP) is 3.60. The molecule has 0 spiro atoms. The van der Waals surface area contributed by atoms with Crippen LogP contribution in [0, 0.1) is 0 Å². The molecule has 0 bridgehead atoms. The monoisotopic (exact) mass is 287 g/mol. The van der Waals surface area contributed by atoms with Gasteiger partial charge in [0, 0.05) is 23.6 Å². The largest absolute Gasteiger partial charge is 0.317 e. The zero-order chi connectivity index (χ0) is 14.9. The maximum atomic E-state index is 4.96. The number of benzene rings is 1. The van der Waals surface area contributed by atoms with Gasteiger partial charge in [-0.05, 0) is 19.1 Å². The summed E-state index contributed by atoms with van der Waals surface area (Å²) in [5, 5.41) is 0. The van der Waals surface area contributed by atoms with E-state index in [1.807, 2.05) is 30.6 Å². The van der Waals surface area contributed by atoms with Gasteiger partial charge in [-0.2, -0.15) is 0 Å². The molecule has 2 aromatic rings. The number of aromatic nitrogens is 1. The van der Waals surface area contributed by atoms with Crippen molar-refractivity contribution in [2.24, 2.45) is 4.99 Å². The Morgan fingerprint density at radius 1 is 1.00 bits per heavy atom. The summed E-state index contributed by atoms with van der Waals surface area (Å²) < 4.78 is 0. The average Bonchev–Trinajstić information content (AvgIpc) is 2.95. The fourth-order valence-corrected chi connectivity index (χ4v) is 3.08. The van der Waals surface area contributed by atoms with Crippen LogP contribution < -0.4 is 4.90 Å². The lowest BCUT2D eigenvalue weighted by Crippen LogP contribution is -2.39. The van der Waals surface area contributed by atoms with Gasteiger partial charge in [-0.1, -0.05) is 54.1 Å². The van der Waals surface area contributed by atoms with Gasteiger partial charge in [-0.15, -0.1) is 0 Å². The Morgan fingerprint density at radius 3 is 2.55 bits per heavy atom. The van der Waals surface area contributed by atoms with Crippen LogP contribution in [-0.4, -0.2) is 22.9 Å². The average molecular weight is 287 g/mol. The van der Waals surface area contributed by atoms with Crippen molar-refractivity contribution >= 4 is 11.5 Å². The maximum Gasteiger partial charge on any atom is 0.136 e. The van der Waals surface area contributed by atoms with Crippen LogP contribution in [-0.2, 0) is 0 Å². The third kappa shape index (κ3) is 2.15. The Balaban J connectivity index is 1.83. The van der Waals surface area contributed by atoms with Gasteiger partial charge in [-0.25, -0.2) is 0 Å². The van der Waals surface area contributed by atoms with Crippen LogP contribution in [0.1, 0.15) is 12.5 Å². The first-order chi connectivity index (χ1) is 10.8. The summed E-state index contributed by atoms with van der Waals surface area (Å²) in [5.41, 5.74) is 3.56. The molecule has 2 aliphatic rings. The second-order valence-electron chi connectivity index (χ2n) is 5.65. The molecule has 0 saturated carbocycles. The topological polar surface area (TPSA) is 28.5 Å². The van der Waals surface area contributed by atoms with Crippen LogP contribution in [0.4, 0.5) is 5.69 Å². The number of anilines is 1. The summed E-state index contributed by atoms with van der Waals surface area (Å²) in [6.07, 6.45) is 10.3. The van der Waals surface area contributed by atoms with Crippen LogP contribution in [0.2, 0.25) is 0 Å². The molecule has 1 aromatic heterocycles. The smallest absolute Gasteiger partial charge is 0.136 e. The van der Waals surface area contributed by atoms with Crippen molar-refractivity contribution in [1.82, 2.24) is 4.98 Å². The molecule has 22 heavy (non-hydrogen) atoms. The molecule has 3 heteroatoms. The zero-order valence-corrected chi connectivity index (χ0v) is 12.4. The van der Waals surface area contributed by atoms with Crippen LogP contribution in [0.5, 0.6) is 0 Å². The van der Waals surface area contributed by atoms with Gasteiger partial charge >= 0.3 is 0 Å². The van der Waals surface area contributed by atoms with Crippen molar-refractivity contribution in [2.45, 2.75) is 19.0 Å². The third-order valence-corrected chi connectivity index (χ3v) is 4.11. The van der Waals surface area contributed by atoms with Crippen molar-refractivity contribution in [3.05, 3.63) is 84.2 Å². The first kappa shape index (κ1) is 13.0. The third-order valence-electron chi connectivity index (χ3n) is 4.11. The van der Waals surface area contributed by atoms with Gasteiger partial charge in [-0.3, -0.25) is 9.98 Å². The summed E-state index contributed by atoms with van der Waals surface area (Å²) >= 11 is 0. The summed E-state index contributed by atoms with van der Waals surface area (Å²) in [4.78, 5) is 11.4. The first-order valence-electron chi connectivity index (χ1n) is 7.52. The SMILES string of the molecule is CC1=CC2C(C=C1)N=C(c1ccccc1)N2c1ccncc1. The highest BCUT2D eigenvalue weighted by Gasteiger charge is 2.36. The summed E-state index contributed by atoms with van der Waals surface area (Å²) in [7, 11) is 0. The molecular weight excluding hydrogens is 270 g/mol. The number of allylic oxidation sites excluding steroid dienone is 2. The highest BCUT2D eigenvalue weighted by molar-refractivity contribution is 6.12. The molecule has 0 radical (unpaired) electrons. The Bertz CT molecular complexity index is 760. The molecule has 4 rings (SSSR count). The van der Waals surface area contributed by atoms with Crippen molar-refractivity contribution in [1.29, 1.82) is 0 Å². The Labute approximate surface area is 130 Å². The number of hydrogen-bond donors (Lipinski definition) is 0. The highest BCUT2D eigenvalue weighted by atomic mass is 15.3. The van der Waals surface area contributed by atoms with Gasteiger partial charge in [0.1, 0.15) is 5.84 Å². The number of pyridine rings is 1. The molecule has 1 aromatic carbocycles. The quantitative estimate of drug-likeness (QED) is 0.844. The lowest BCUT2D eigenvalue weighted by atomic mass is 9.98. The molecule has 108 valence electrons. The second kappa shape index (κ2) is 5.26. The molecule has 0 saturated heterocycles. The number of fused-ring (bicyclic) bond motifs is 1. The molecule has 2 heterocycles.